The molecule has 1 amide bonds. The van der Waals surface area contributed by atoms with Crippen LogP contribution in [0.4, 0.5) is 5.69 Å². The highest BCUT2D eigenvalue weighted by Gasteiger charge is 2.16. The SMILES string of the molecule is Cc1cnccc1NC(=O)c1cnn2cc[nH]c(=O)c12. The van der Waals surface area contributed by atoms with Gasteiger partial charge in [0.05, 0.1) is 11.8 Å². The molecule has 0 aliphatic rings. The highest BCUT2D eigenvalue weighted by Crippen LogP contribution is 2.14. The zero-order valence-corrected chi connectivity index (χ0v) is 10.6. The third-order valence-electron chi connectivity index (χ3n) is 2.95. The van der Waals surface area contributed by atoms with Gasteiger partial charge < -0.3 is 10.3 Å². The van der Waals surface area contributed by atoms with Gasteiger partial charge in [0.2, 0.25) is 0 Å². The number of carbonyl (C=O) groups is 1. The number of hydrogen-bond donors (Lipinski definition) is 2. The van der Waals surface area contributed by atoms with Gasteiger partial charge in [0.15, 0.2) is 0 Å². The first kappa shape index (κ1) is 12.1. The smallest absolute Gasteiger partial charge is 0.274 e. The maximum absolute atomic E-state index is 12.3. The average molecular weight is 269 g/mol. The number of H-pyrrole nitrogens is 1. The fourth-order valence-electron chi connectivity index (χ4n) is 1.92. The van der Waals surface area contributed by atoms with Crippen molar-refractivity contribution in [1.82, 2.24) is 19.6 Å². The number of pyridine rings is 1. The monoisotopic (exact) mass is 269 g/mol. The summed E-state index contributed by atoms with van der Waals surface area (Å²) in [6, 6.07) is 1.70. The summed E-state index contributed by atoms with van der Waals surface area (Å²) in [5.41, 5.74) is 1.57. The first-order valence-electron chi connectivity index (χ1n) is 5.94. The number of nitrogens with one attached hydrogen (secondary N) is 2. The summed E-state index contributed by atoms with van der Waals surface area (Å²) in [4.78, 5) is 30.5. The largest absolute Gasteiger partial charge is 0.326 e. The molecule has 0 spiro atoms. The molecule has 0 aliphatic carbocycles. The van der Waals surface area contributed by atoms with Crippen LogP contribution in [0, 0.1) is 6.92 Å². The summed E-state index contributed by atoms with van der Waals surface area (Å²) in [5, 5.41) is 6.74. The van der Waals surface area contributed by atoms with Crippen molar-refractivity contribution >= 4 is 17.1 Å². The highest BCUT2D eigenvalue weighted by molar-refractivity contribution is 6.08. The van der Waals surface area contributed by atoms with Crippen molar-refractivity contribution in [3.05, 3.63) is 58.5 Å². The lowest BCUT2D eigenvalue weighted by atomic mass is 10.2. The molecule has 0 bridgehead atoms. The Hall–Kier alpha value is -2.96. The molecule has 20 heavy (non-hydrogen) atoms. The minimum atomic E-state index is -0.383. The normalized spacial score (nSPS) is 10.7. The minimum absolute atomic E-state index is 0.219. The van der Waals surface area contributed by atoms with Crippen LogP contribution in [0.1, 0.15) is 15.9 Å². The van der Waals surface area contributed by atoms with Crippen LogP contribution in [0.3, 0.4) is 0 Å². The second-order valence-electron chi connectivity index (χ2n) is 4.29. The van der Waals surface area contributed by atoms with Crippen LogP contribution in [0.25, 0.3) is 5.52 Å². The van der Waals surface area contributed by atoms with E-state index in [0.29, 0.717) is 5.69 Å². The Morgan fingerprint density at radius 2 is 2.25 bits per heavy atom. The number of carbonyl (C=O) groups excluding carboxylic acids is 1. The first-order valence-corrected chi connectivity index (χ1v) is 5.94. The molecule has 0 aromatic carbocycles. The fourth-order valence-corrected chi connectivity index (χ4v) is 1.92. The van der Waals surface area contributed by atoms with E-state index in [4.69, 9.17) is 0 Å². The number of aromatic nitrogens is 4. The van der Waals surface area contributed by atoms with Crippen LogP contribution in [-0.2, 0) is 0 Å². The third kappa shape index (κ3) is 1.95. The van der Waals surface area contributed by atoms with Crippen LogP contribution in [-0.4, -0.2) is 25.5 Å². The van der Waals surface area contributed by atoms with Crippen LogP contribution >= 0.6 is 0 Å². The van der Waals surface area contributed by atoms with E-state index in [1.165, 1.54) is 16.9 Å². The van der Waals surface area contributed by atoms with Crippen LogP contribution in [0.15, 0.2) is 41.8 Å². The summed E-state index contributed by atoms with van der Waals surface area (Å²) in [7, 11) is 0. The lowest BCUT2D eigenvalue weighted by Crippen LogP contribution is -2.17. The van der Waals surface area contributed by atoms with Crippen molar-refractivity contribution in [3.63, 3.8) is 0 Å². The molecule has 3 rings (SSSR count). The number of amides is 1. The standard InChI is InChI=1S/C13H11N5O2/c1-8-6-14-3-2-10(8)17-12(19)9-7-16-18-5-4-15-13(20)11(9)18/h2-7H,1H3,(H,15,20)(H,14,17,19). The summed E-state index contributed by atoms with van der Waals surface area (Å²) < 4.78 is 1.37. The van der Waals surface area contributed by atoms with Crippen molar-refractivity contribution in [2.75, 3.05) is 5.32 Å². The molecule has 3 heterocycles. The summed E-state index contributed by atoms with van der Waals surface area (Å²) >= 11 is 0. The first-order chi connectivity index (χ1) is 9.66. The number of hydrogen-bond acceptors (Lipinski definition) is 4. The van der Waals surface area contributed by atoms with Gasteiger partial charge in [-0.2, -0.15) is 5.10 Å². The van der Waals surface area contributed by atoms with E-state index in [0.717, 1.165) is 5.56 Å². The maximum atomic E-state index is 12.3. The van der Waals surface area contributed by atoms with Crippen LogP contribution in [0.5, 0.6) is 0 Å². The van der Waals surface area contributed by atoms with Crippen LogP contribution in [0.2, 0.25) is 0 Å². The Balaban J connectivity index is 2.02. The van der Waals surface area contributed by atoms with Crippen molar-refractivity contribution in [1.29, 1.82) is 0 Å². The van der Waals surface area contributed by atoms with Gasteiger partial charge in [-0.3, -0.25) is 14.6 Å². The third-order valence-corrected chi connectivity index (χ3v) is 2.95. The van der Waals surface area contributed by atoms with Gasteiger partial charge >= 0.3 is 0 Å². The second-order valence-corrected chi connectivity index (χ2v) is 4.29. The van der Waals surface area contributed by atoms with E-state index in [-0.39, 0.29) is 22.5 Å². The van der Waals surface area contributed by atoms with Gasteiger partial charge in [-0.25, -0.2) is 4.52 Å². The maximum Gasteiger partial charge on any atom is 0.274 e. The van der Waals surface area contributed by atoms with Crippen molar-refractivity contribution < 1.29 is 4.79 Å². The summed E-state index contributed by atoms with van der Waals surface area (Å²) in [6.07, 6.45) is 7.66. The van der Waals surface area contributed by atoms with Crippen LogP contribution < -0.4 is 10.9 Å². The van der Waals surface area contributed by atoms with Gasteiger partial charge in [-0.05, 0) is 18.6 Å². The quantitative estimate of drug-likeness (QED) is 0.725. The lowest BCUT2D eigenvalue weighted by molar-refractivity contribution is 0.102. The van der Waals surface area contributed by atoms with E-state index in [1.807, 2.05) is 6.92 Å². The highest BCUT2D eigenvalue weighted by atomic mass is 16.2. The summed E-state index contributed by atoms with van der Waals surface area (Å²) in [5.74, 6) is -0.383. The number of aryl methyl sites for hydroxylation is 1. The van der Waals surface area contributed by atoms with Crippen molar-refractivity contribution in [2.24, 2.45) is 0 Å². The molecule has 0 atom stereocenters. The molecule has 100 valence electrons. The van der Waals surface area contributed by atoms with Gasteiger partial charge in [-0.15, -0.1) is 0 Å². The average Bonchev–Trinajstić information content (AvgIpc) is 2.87. The topological polar surface area (TPSA) is 92.2 Å². The molecule has 7 heteroatoms. The molecule has 7 nitrogen and oxygen atoms in total. The predicted octanol–water partition coefficient (Wildman–Crippen LogP) is 0.978. The molecule has 2 N–H and O–H groups in total. The number of anilines is 1. The molecule has 0 unspecified atom stereocenters. The molecular weight excluding hydrogens is 258 g/mol. The Bertz CT molecular complexity index is 849. The predicted molar refractivity (Wildman–Crippen MR) is 72.7 cm³/mol. The molecule has 3 aromatic heterocycles. The van der Waals surface area contributed by atoms with Crippen molar-refractivity contribution in [2.45, 2.75) is 6.92 Å². The molecule has 0 fully saturated rings. The second kappa shape index (κ2) is 4.61. The van der Waals surface area contributed by atoms with Gasteiger partial charge in [0.1, 0.15) is 5.52 Å². The minimum Gasteiger partial charge on any atom is -0.326 e. The number of fused-ring (bicyclic) bond motifs is 1. The lowest BCUT2D eigenvalue weighted by Gasteiger charge is -2.06. The number of rotatable bonds is 2. The molecule has 0 aliphatic heterocycles. The Morgan fingerprint density at radius 3 is 3.05 bits per heavy atom. The summed E-state index contributed by atoms with van der Waals surface area (Å²) in [6.45, 7) is 1.84. The molecule has 0 saturated carbocycles. The van der Waals surface area contributed by atoms with E-state index in [9.17, 15) is 9.59 Å². The van der Waals surface area contributed by atoms with E-state index < -0.39 is 0 Å². The van der Waals surface area contributed by atoms with Gasteiger partial charge in [0, 0.05) is 30.5 Å². The molecule has 0 radical (unpaired) electrons. The van der Waals surface area contributed by atoms with E-state index >= 15 is 0 Å². The Kier molecular flexibility index (Phi) is 2.79. The fraction of sp³-hybridized carbons (Fsp3) is 0.0769. The van der Waals surface area contributed by atoms with Gasteiger partial charge in [0.25, 0.3) is 11.5 Å². The van der Waals surface area contributed by atoms with Gasteiger partial charge in [-0.1, -0.05) is 0 Å². The zero-order chi connectivity index (χ0) is 14.1. The molecule has 3 aromatic rings. The Labute approximate surface area is 113 Å². The molecule has 0 saturated heterocycles. The zero-order valence-electron chi connectivity index (χ0n) is 10.6. The van der Waals surface area contributed by atoms with E-state index in [2.05, 4.69) is 20.4 Å². The molecular formula is C13H11N5O2. The van der Waals surface area contributed by atoms with Crippen molar-refractivity contribution in [3.8, 4) is 0 Å². The Morgan fingerprint density at radius 1 is 1.40 bits per heavy atom. The number of aromatic amines is 1. The van der Waals surface area contributed by atoms with E-state index in [1.54, 1.807) is 24.7 Å². The number of nitrogens with zero attached hydrogens (tertiary/aromatic N) is 3.